The van der Waals surface area contributed by atoms with E-state index >= 15 is 0 Å². The van der Waals surface area contributed by atoms with E-state index in [-0.39, 0.29) is 18.7 Å². The summed E-state index contributed by atoms with van der Waals surface area (Å²) in [4.78, 5) is 17.2. The quantitative estimate of drug-likeness (QED) is 0.362. The third-order valence-electron chi connectivity index (χ3n) is 7.42. The van der Waals surface area contributed by atoms with E-state index in [2.05, 4.69) is 27.0 Å². The Hall–Kier alpha value is -3.35. The number of aromatic nitrogens is 2. The van der Waals surface area contributed by atoms with Crippen molar-refractivity contribution < 1.29 is 22.0 Å². The molecule has 2 aromatic carbocycles. The van der Waals surface area contributed by atoms with E-state index in [1.54, 1.807) is 19.9 Å². The number of halogens is 2. The zero-order valence-electron chi connectivity index (χ0n) is 21.5. The van der Waals surface area contributed by atoms with E-state index < -0.39 is 32.1 Å². The molecule has 0 atom stereocenters. The number of H-pyrrole nitrogens is 1. The van der Waals surface area contributed by atoms with Crippen LogP contribution < -0.4 is 10.6 Å². The first kappa shape index (κ1) is 26.3. The number of likely N-dealkylation sites (N-methyl/N-ethyl adjacent to an activating group) is 1. The molecule has 0 spiro atoms. The van der Waals surface area contributed by atoms with E-state index in [0.717, 1.165) is 48.3 Å². The maximum absolute atomic E-state index is 13.8. The predicted molar refractivity (Wildman–Crippen MR) is 139 cm³/mol. The lowest BCUT2D eigenvalue weighted by molar-refractivity contribution is 0.0992. The summed E-state index contributed by atoms with van der Waals surface area (Å²) in [6.45, 7) is 6.87. The van der Waals surface area contributed by atoms with Gasteiger partial charge in [-0.15, -0.1) is 0 Å². The van der Waals surface area contributed by atoms with Gasteiger partial charge in [0.25, 0.3) is 0 Å². The van der Waals surface area contributed by atoms with E-state index in [0.29, 0.717) is 34.3 Å². The number of ketones is 1. The molecule has 3 N–H and O–H groups in total. The van der Waals surface area contributed by atoms with E-state index in [4.69, 9.17) is 5.73 Å². The topological polar surface area (TPSA) is 116 Å². The van der Waals surface area contributed by atoms with Gasteiger partial charge in [0.2, 0.25) is 10.0 Å². The maximum atomic E-state index is 13.8. The summed E-state index contributed by atoms with van der Waals surface area (Å²) < 4.78 is 55.5. The average molecular weight is 545 g/mol. The molecule has 0 saturated carbocycles. The van der Waals surface area contributed by atoms with Crippen molar-refractivity contribution in [2.45, 2.75) is 37.2 Å². The zero-order valence-corrected chi connectivity index (χ0v) is 22.3. The van der Waals surface area contributed by atoms with Crippen LogP contribution in [0, 0.1) is 11.6 Å². The highest BCUT2D eigenvalue weighted by Gasteiger charge is 2.48. The summed E-state index contributed by atoms with van der Waals surface area (Å²) in [6.07, 6.45) is -0.0566. The van der Waals surface area contributed by atoms with Gasteiger partial charge in [-0.3, -0.25) is 9.89 Å². The summed E-state index contributed by atoms with van der Waals surface area (Å²) in [6, 6.07) is 7.62. The molecule has 1 aromatic heterocycles. The smallest absolute Gasteiger partial charge is 0.244 e. The number of nitrogens with one attached hydrogen (secondary N) is 1. The van der Waals surface area contributed by atoms with Gasteiger partial charge in [-0.25, -0.2) is 17.2 Å². The molecule has 3 aromatic rings. The van der Waals surface area contributed by atoms with Crippen molar-refractivity contribution in [2.75, 3.05) is 43.9 Å². The molecule has 0 amide bonds. The Morgan fingerprint density at radius 3 is 2.37 bits per heavy atom. The van der Waals surface area contributed by atoms with Crippen molar-refractivity contribution in [3.63, 3.8) is 0 Å². The van der Waals surface area contributed by atoms with Crippen LogP contribution in [-0.2, 0) is 28.5 Å². The number of nitrogen functional groups attached to an aromatic ring is 1. The Morgan fingerprint density at radius 2 is 1.74 bits per heavy atom. The summed E-state index contributed by atoms with van der Waals surface area (Å²) in [7, 11) is -2.19. The van der Waals surface area contributed by atoms with Crippen molar-refractivity contribution in [1.29, 1.82) is 0 Å². The highest BCUT2D eigenvalue weighted by atomic mass is 32.2. The lowest BCUT2D eigenvalue weighted by Gasteiger charge is -2.34. The van der Waals surface area contributed by atoms with E-state index in [1.807, 2.05) is 12.1 Å². The number of benzene rings is 2. The van der Waals surface area contributed by atoms with Crippen molar-refractivity contribution in [3.05, 3.63) is 70.5 Å². The molecule has 2 aliphatic heterocycles. The first-order valence-corrected chi connectivity index (χ1v) is 13.7. The van der Waals surface area contributed by atoms with Gasteiger partial charge in [-0.05, 0) is 51.2 Å². The van der Waals surface area contributed by atoms with Crippen LogP contribution in [0.5, 0.6) is 0 Å². The fraction of sp³-hybridized carbons (Fsp3) is 0.385. The Morgan fingerprint density at radius 1 is 1.08 bits per heavy atom. The number of piperazine rings is 1. The van der Waals surface area contributed by atoms with Crippen molar-refractivity contribution in [2.24, 2.45) is 0 Å². The van der Waals surface area contributed by atoms with Gasteiger partial charge < -0.3 is 15.5 Å². The van der Waals surface area contributed by atoms with Crippen LogP contribution in [0.2, 0.25) is 0 Å². The number of rotatable bonds is 6. The number of Topliss-reactive ketones (excluding diaryl/α,β-unsaturated/α-hetero) is 1. The SMILES string of the molecule is CN1CCN(c2ccc(C(=O)Cc3[nH]nc4c3CN(S(=O)(=O)c3cc(F)cc(F)c3)C4(C)C)c(N)c2)CC1. The molecular weight excluding hydrogens is 514 g/mol. The van der Waals surface area contributed by atoms with E-state index in [9.17, 15) is 22.0 Å². The van der Waals surface area contributed by atoms with Crippen LogP contribution in [0.1, 0.15) is 41.2 Å². The minimum absolute atomic E-state index is 0.0566. The minimum Gasteiger partial charge on any atom is -0.398 e. The lowest BCUT2D eigenvalue weighted by atomic mass is 9.98. The number of fused-ring (bicyclic) bond motifs is 1. The summed E-state index contributed by atoms with van der Waals surface area (Å²) >= 11 is 0. The first-order valence-electron chi connectivity index (χ1n) is 12.3. The van der Waals surface area contributed by atoms with Crippen molar-refractivity contribution in [1.82, 2.24) is 19.4 Å². The molecular formula is C26H30F2N6O3S. The second-order valence-electron chi connectivity index (χ2n) is 10.4. The van der Waals surface area contributed by atoms with Gasteiger partial charge >= 0.3 is 0 Å². The van der Waals surface area contributed by atoms with Crippen LogP contribution in [0.4, 0.5) is 20.2 Å². The largest absolute Gasteiger partial charge is 0.398 e. The minimum atomic E-state index is -4.27. The van der Waals surface area contributed by atoms with Crippen LogP contribution in [0.25, 0.3) is 0 Å². The van der Waals surface area contributed by atoms with Gasteiger partial charge in [0.1, 0.15) is 11.6 Å². The highest BCUT2D eigenvalue weighted by molar-refractivity contribution is 7.89. The lowest BCUT2D eigenvalue weighted by Crippen LogP contribution is -2.44. The number of carbonyl (C=O) groups is 1. The number of aromatic amines is 1. The third-order valence-corrected chi connectivity index (χ3v) is 9.42. The number of nitrogens with two attached hydrogens (primary N) is 1. The fourth-order valence-electron chi connectivity index (χ4n) is 5.19. The highest BCUT2D eigenvalue weighted by Crippen LogP contribution is 2.42. The molecule has 0 bridgehead atoms. The number of carbonyl (C=O) groups excluding carboxylic acids is 1. The number of nitrogens with zero attached hydrogens (tertiary/aromatic N) is 4. The molecule has 0 radical (unpaired) electrons. The Labute approximate surface area is 220 Å². The Kier molecular flexibility index (Phi) is 6.52. The zero-order chi connectivity index (χ0) is 27.4. The number of anilines is 2. The molecule has 12 heteroatoms. The fourth-order valence-corrected chi connectivity index (χ4v) is 6.96. The van der Waals surface area contributed by atoms with Crippen molar-refractivity contribution >= 4 is 27.2 Å². The van der Waals surface area contributed by atoms with Crippen LogP contribution in [-0.4, -0.2) is 66.8 Å². The molecule has 1 fully saturated rings. The molecule has 0 aliphatic carbocycles. The molecule has 1 saturated heterocycles. The first-order chi connectivity index (χ1) is 17.9. The molecule has 2 aliphatic rings. The molecule has 5 rings (SSSR count). The Balaban J connectivity index is 1.37. The van der Waals surface area contributed by atoms with Gasteiger partial charge in [0.05, 0.1) is 22.5 Å². The predicted octanol–water partition coefficient (Wildman–Crippen LogP) is 2.89. The summed E-state index contributed by atoms with van der Waals surface area (Å²) in [5.74, 6) is -2.20. The molecule has 38 heavy (non-hydrogen) atoms. The third kappa shape index (κ3) is 4.56. The van der Waals surface area contributed by atoms with Gasteiger partial charge in [-0.2, -0.15) is 9.40 Å². The van der Waals surface area contributed by atoms with Gasteiger partial charge in [-0.1, -0.05) is 0 Å². The van der Waals surface area contributed by atoms with E-state index in [1.165, 1.54) is 0 Å². The molecule has 0 unspecified atom stereocenters. The summed E-state index contributed by atoms with van der Waals surface area (Å²) in [5.41, 5.74) is 8.38. The normalized spacial score (nSPS) is 18.1. The molecule has 9 nitrogen and oxygen atoms in total. The van der Waals surface area contributed by atoms with Gasteiger partial charge in [0.15, 0.2) is 5.78 Å². The van der Waals surface area contributed by atoms with Crippen LogP contribution >= 0.6 is 0 Å². The standard InChI is InChI=1S/C26H30F2N6O3S/c1-26(2)25-21(15-34(26)38(36,37)19-11-16(27)10-17(28)12-19)23(30-31-25)14-24(35)20-5-4-18(13-22(20)29)33-8-6-32(3)7-9-33/h4-5,10-13H,6-9,14-15,29H2,1-3H3,(H,30,31). The number of sulfonamides is 1. The second kappa shape index (κ2) is 9.44. The molecule has 202 valence electrons. The van der Waals surface area contributed by atoms with Crippen LogP contribution in [0.3, 0.4) is 0 Å². The Bertz CT molecular complexity index is 1490. The summed E-state index contributed by atoms with van der Waals surface area (Å²) in [5, 5.41) is 7.20. The van der Waals surface area contributed by atoms with Crippen molar-refractivity contribution in [3.8, 4) is 0 Å². The molecule has 3 heterocycles. The average Bonchev–Trinajstić information content (AvgIpc) is 3.37. The maximum Gasteiger partial charge on any atom is 0.244 e. The number of hydrogen-bond donors (Lipinski definition) is 2. The second-order valence-corrected chi connectivity index (χ2v) is 12.2. The van der Waals surface area contributed by atoms with Crippen LogP contribution in [0.15, 0.2) is 41.3 Å². The van der Waals surface area contributed by atoms with Gasteiger partial charge in [0, 0.05) is 67.0 Å². The monoisotopic (exact) mass is 544 g/mol. The number of hydrogen-bond acceptors (Lipinski definition) is 7.